The van der Waals surface area contributed by atoms with Gasteiger partial charge in [-0.3, -0.25) is 14.6 Å². The van der Waals surface area contributed by atoms with Gasteiger partial charge < -0.3 is 9.47 Å². The summed E-state index contributed by atoms with van der Waals surface area (Å²) in [5.74, 6) is -0.641. The van der Waals surface area contributed by atoms with E-state index in [1.165, 1.54) is 0 Å². The smallest absolute Gasteiger partial charge is 0.315 e. The monoisotopic (exact) mass is 509 g/mol. The Labute approximate surface area is 203 Å². The van der Waals surface area contributed by atoms with E-state index in [9.17, 15) is 9.59 Å². The van der Waals surface area contributed by atoms with E-state index in [-0.39, 0.29) is 23.8 Å². The van der Waals surface area contributed by atoms with Crippen LogP contribution in [0.3, 0.4) is 0 Å². The number of hydrogen-bond acceptors (Lipinski definition) is 5. The number of ketones is 1. The van der Waals surface area contributed by atoms with Crippen molar-refractivity contribution in [1.82, 2.24) is 0 Å². The van der Waals surface area contributed by atoms with Gasteiger partial charge in [0.2, 0.25) is 0 Å². The minimum absolute atomic E-state index is 0.0423. The Bertz CT molecular complexity index is 1140. The van der Waals surface area contributed by atoms with Crippen molar-refractivity contribution >= 4 is 33.4 Å². The molecule has 1 heterocycles. The first-order chi connectivity index (χ1) is 15.8. The molecule has 0 aromatic heterocycles. The Morgan fingerprint density at radius 2 is 1.82 bits per heavy atom. The fraction of sp³-hybridized carbons (Fsp3) is 0.370. The molecule has 3 atom stereocenters. The van der Waals surface area contributed by atoms with Crippen LogP contribution >= 0.6 is 15.9 Å². The lowest BCUT2D eigenvalue weighted by molar-refractivity contribution is -0.150. The van der Waals surface area contributed by atoms with Crippen molar-refractivity contribution in [3.05, 3.63) is 75.4 Å². The van der Waals surface area contributed by atoms with E-state index >= 15 is 0 Å². The second-order valence-corrected chi connectivity index (χ2v) is 9.74. The number of carbonyl (C=O) groups excluding carboxylic acids is 2. The number of carbonyl (C=O) groups is 2. The third-order valence-electron chi connectivity index (χ3n) is 6.30. The van der Waals surface area contributed by atoms with Gasteiger partial charge in [-0.1, -0.05) is 36.4 Å². The van der Waals surface area contributed by atoms with E-state index in [0.717, 1.165) is 21.3 Å². The van der Waals surface area contributed by atoms with Gasteiger partial charge in [0, 0.05) is 29.3 Å². The SMILES string of the molecule is COc1ccc([C@@H]2C3=C(C[C@@H](c4ccccc4)CC3=O)N=C(C)C2C(=O)OC(C)C)cc1Br. The molecule has 2 aliphatic rings. The minimum atomic E-state index is -0.649. The number of hydrogen-bond donors (Lipinski definition) is 0. The van der Waals surface area contributed by atoms with Crippen molar-refractivity contribution in [2.45, 2.75) is 51.6 Å². The van der Waals surface area contributed by atoms with Gasteiger partial charge in [0.05, 0.1) is 17.7 Å². The van der Waals surface area contributed by atoms with Crippen LogP contribution in [0.15, 0.2) is 69.3 Å². The van der Waals surface area contributed by atoms with Gasteiger partial charge in [0.25, 0.3) is 0 Å². The summed E-state index contributed by atoms with van der Waals surface area (Å²) < 4.78 is 11.8. The van der Waals surface area contributed by atoms with Crippen molar-refractivity contribution in [2.24, 2.45) is 10.9 Å². The van der Waals surface area contributed by atoms with Crippen LogP contribution in [-0.2, 0) is 14.3 Å². The molecule has 6 heteroatoms. The quantitative estimate of drug-likeness (QED) is 0.464. The van der Waals surface area contributed by atoms with E-state index < -0.39 is 11.8 Å². The molecule has 5 nitrogen and oxygen atoms in total. The fourth-order valence-corrected chi connectivity index (χ4v) is 5.43. The molecule has 2 aromatic rings. The van der Waals surface area contributed by atoms with Crippen LogP contribution < -0.4 is 4.74 Å². The predicted molar refractivity (Wildman–Crippen MR) is 132 cm³/mol. The van der Waals surface area contributed by atoms with Crippen molar-refractivity contribution < 1.29 is 19.1 Å². The maximum absolute atomic E-state index is 13.6. The highest BCUT2D eigenvalue weighted by atomic mass is 79.9. The van der Waals surface area contributed by atoms with Gasteiger partial charge in [-0.05, 0) is 72.3 Å². The van der Waals surface area contributed by atoms with E-state index in [1.54, 1.807) is 7.11 Å². The number of esters is 1. The molecule has 4 rings (SSSR count). The summed E-state index contributed by atoms with van der Waals surface area (Å²) in [4.78, 5) is 31.6. The van der Waals surface area contributed by atoms with Crippen molar-refractivity contribution in [3.8, 4) is 5.75 Å². The van der Waals surface area contributed by atoms with Gasteiger partial charge in [0.15, 0.2) is 5.78 Å². The maximum atomic E-state index is 13.6. The lowest BCUT2D eigenvalue weighted by Gasteiger charge is -2.37. The molecule has 33 heavy (non-hydrogen) atoms. The molecule has 1 unspecified atom stereocenters. The second-order valence-electron chi connectivity index (χ2n) is 8.89. The van der Waals surface area contributed by atoms with Gasteiger partial charge in [-0.25, -0.2) is 0 Å². The highest BCUT2D eigenvalue weighted by Crippen LogP contribution is 2.47. The Hall–Kier alpha value is -2.73. The summed E-state index contributed by atoms with van der Waals surface area (Å²) >= 11 is 3.56. The summed E-state index contributed by atoms with van der Waals surface area (Å²) in [6.07, 6.45) is 0.813. The minimum Gasteiger partial charge on any atom is -0.496 e. The molecule has 0 fully saturated rings. The standard InChI is InChI=1S/C27H28BrNO4/c1-15(2)33-27(31)24-16(3)29-21-13-19(17-8-6-5-7-9-17)14-22(30)26(21)25(24)18-10-11-23(32-4)20(28)12-18/h5-12,15,19,24-25H,13-14H2,1-4H3/t19-,24?,25+/m1/s1. The Balaban J connectivity index is 1.82. The highest BCUT2D eigenvalue weighted by Gasteiger charge is 2.45. The molecular formula is C27H28BrNO4. The molecule has 0 saturated carbocycles. The largest absolute Gasteiger partial charge is 0.496 e. The Morgan fingerprint density at radius 1 is 1.09 bits per heavy atom. The van der Waals surface area contributed by atoms with Gasteiger partial charge in [-0.15, -0.1) is 0 Å². The molecule has 2 aromatic carbocycles. The maximum Gasteiger partial charge on any atom is 0.315 e. The van der Waals surface area contributed by atoms with Crippen LogP contribution in [0.2, 0.25) is 0 Å². The molecule has 0 amide bonds. The molecule has 0 spiro atoms. The van der Waals surface area contributed by atoms with Crippen LogP contribution in [0.25, 0.3) is 0 Å². The normalized spacial score (nSPS) is 22.7. The molecule has 0 N–H and O–H groups in total. The fourth-order valence-electron chi connectivity index (χ4n) is 4.87. The van der Waals surface area contributed by atoms with Crippen molar-refractivity contribution in [2.75, 3.05) is 7.11 Å². The van der Waals surface area contributed by atoms with Gasteiger partial charge >= 0.3 is 5.97 Å². The molecular weight excluding hydrogens is 482 g/mol. The van der Waals surface area contributed by atoms with E-state index in [1.807, 2.05) is 57.2 Å². The van der Waals surface area contributed by atoms with E-state index in [4.69, 9.17) is 14.5 Å². The number of nitrogens with zero attached hydrogens (tertiary/aromatic N) is 1. The third-order valence-corrected chi connectivity index (χ3v) is 6.92. The first-order valence-corrected chi connectivity index (χ1v) is 12.0. The summed E-state index contributed by atoms with van der Waals surface area (Å²) in [5, 5.41) is 0. The highest BCUT2D eigenvalue weighted by molar-refractivity contribution is 9.10. The summed E-state index contributed by atoms with van der Waals surface area (Å²) in [7, 11) is 1.61. The zero-order valence-corrected chi connectivity index (χ0v) is 20.9. The Kier molecular flexibility index (Phi) is 6.84. The Morgan fingerprint density at radius 3 is 2.45 bits per heavy atom. The molecule has 172 valence electrons. The number of aliphatic imine (C=N–C) groups is 1. The molecule has 1 aliphatic heterocycles. The van der Waals surface area contributed by atoms with Crippen molar-refractivity contribution in [3.63, 3.8) is 0 Å². The zero-order valence-electron chi connectivity index (χ0n) is 19.3. The van der Waals surface area contributed by atoms with Crippen LogP contribution in [-0.4, -0.2) is 30.7 Å². The second kappa shape index (κ2) is 9.64. The number of Topliss-reactive ketones (excluding diaryl/α,β-unsaturated/α-hetero) is 1. The van der Waals surface area contributed by atoms with Crippen LogP contribution in [0.4, 0.5) is 0 Å². The molecule has 0 saturated heterocycles. The summed E-state index contributed by atoms with van der Waals surface area (Å²) in [6, 6.07) is 15.8. The number of halogens is 1. The summed E-state index contributed by atoms with van der Waals surface area (Å²) in [5.41, 5.74) is 4.09. The number of ether oxygens (including phenoxy) is 2. The first-order valence-electron chi connectivity index (χ1n) is 11.2. The number of allylic oxidation sites excluding steroid dienone is 2. The number of methoxy groups -OCH3 is 1. The van der Waals surface area contributed by atoms with Crippen molar-refractivity contribution in [1.29, 1.82) is 0 Å². The van der Waals surface area contributed by atoms with Crippen LogP contribution in [0.5, 0.6) is 5.75 Å². The average molecular weight is 510 g/mol. The number of benzene rings is 2. The predicted octanol–water partition coefficient (Wildman–Crippen LogP) is 5.98. The molecule has 0 radical (unpaired) electrons. The van der Waals surface area contributed by atoms with Crippen LogP contribution in [0, 0.1) is 5.92 Å². The van der Waals surface area contributed by atoms with Gasteiger partial charge in [0.1, 0.15) is 11.7 Å². The topological polar surface area (TPSA) is 65.0 Å². The average Bonchev–Trinajstić information content (AvgIpc) is 2.78. The zero-order chi connectivity index (χ0) is 23.7. The number of rotatable bonds is 5. The van der Waals surface area contributed by atoms with E-state index in [2.05, 4.69) is 28.1 Å². The first kappa shape index (κ1) is 23.4. The third kappa shape index (κ3) is 4.67. The van der Waals surface area contributed by atoms with Gasteiger partial charge in [-0.2, -0.15) is 0 Å². The lowest BCUT2D eigenvalue weighted by atomic mass is 9.69. The molecule has 1 aliphatic carbocycles. The lowest BCUT2D eigenvalue weighted by Crippen LogP contribution is -2.38. The summed E-state index contributed by atoms with van der Waals surface area (Å²) in [6.45, 7) is 5.51. The van der Waals surface area contributed by atoms with Crippen LogP contribution in [0.1, 0.15) is 56.6 Å². The molecule has 0 bridgehead atoms. The van der Waals surface area contributed by atoms with E-state index in [0.29, 0.717) is 29.9 Å².